The summed E-state index contributed by atoms with van der Waals surface area (Å²) in [5.41, 5.74) is 1.36. The van der Waals surface area contributed by atoms with Crippen molar-refractivity contribution in [1.82, 2.24) is 9.97 Å². The molecule has 0 amide bonds. The first-order chi connectivity index (χ1) is 10.4. The van der Waals surface area contributed by atoms with Crippen LogP contribution in [0.25, 0.3) is 0 Å². The third-order valence-electron chi connectivity index (χ3n) is 3.15. The number of hydrogen-bond donors (Lipinski definition) is 1. The summed E-state index contributed by atoms with van der Waals surface area (Å²) in [5, 5.41) is 0. The van der Waals surface area contributed by atoms with Crippen molar-refractivity contribution in [1.29, 1.82) is 0 Å². The highest BCUT2D eigenvalue weighted by molar-refractivity contribution is 7.92. The summed E-state index contributed by atoms with van der Waals surface area (Å²) in [5.74, 6) is 0.438. The number of nitrogens with one attached hydrogen (secondary N) is 1. The van der Waals surface area contributed by atoms with Crippen LogP contribution in [-0.2, 0) is 10.0 Å². The molecule has 1 aromatic carbocycles. The van der Waals surface area contributed by atoms with Gasteiger partial charge in [0.1, 0.15) is 0 Å². The minimum Gasteiger partial charge on any atom is -0.347 e. The lowest BCUT2D eigenvalue weighted by atomic mass is 10.0. The van der Waals surface area contributed by atoms with Gasteiger partial charge in [-0.3, -0.25) is 4.72 Å². The largest absolute Gasteiger partial charge is 0.347 e. The molecule has 118 valence electrons. The van der Waals surface area contributed by atoms with Gasteiger partial charge in [-0.15, -0.1) is 0 Å². The molecule has 22 heavy (non-hydrogen) atoms. The van der Waals surface area contributed by atoms with Crippen LogP contribution in [0.3, 0.4) is 0 Å². The van der Waals surface area contributed by atoms with Crippen molar-refractivity contribution >= 4 is 21.7 Å². The normalized spacial score (nSPS) is 12.7. The van der Waals surface area contributed by atoms with Crippen LogP contribution < -0.4 is 9.62 Å². The van der Waals surface area contributed by atoms with E-state index in [9.17, 15) is 8.42 Å². The highest BCUT2D eigenvalue weighted by atomic mass is 32.2. The maximum atomic E-state index is 12.2. The molecule has 0 aliphatic carbocycles. The van der Waals surface area contributed by atoms with E-state index in [0.717, 1.165) is 5.56 Å². The van der Waals surface area contributed by atoms with E-state index in [1.807, 2.05) is 51.4 Å². The Balaban J connectivity index is 2.04. The molecule has 0 spiro atoms. The van der Waals surface area contributed by atoms with Gasteiger partial charge in [0.25, 0.3) is 0 Å². The zero-order valence-corrected chi connectivity index (χ0v) is 13.7. The molecule has 0 saturated heterocycles. The summed E-state index contributed by atoms with van der Waals surface area (Å²) in [7, 11) is 0.182. The van der Waals surface area contributed by atoms with Crippen LogP contribution in [0.4, 0.5) is 11.6 Å². The van der Waals surface area contributed by atoms with E-state index < -0.39 is 10.0 Å². The number of benzene rings is 1. The van der Waals surface area contributed by atoms with Crippen molar-refractivity contribution in [3.63, 3.8) is 0 Å². The van der Waals surface area contributed by atoms with Crippen molar-refractivity contribution in [3.05, 3.63) is 48.3 Å². The van der Waals surface area contributed by atoms with Crippen LogP contribution in [0.15, 0.2) is 42.7 Å². The smallest absolute Gasteiger partial charge is 0.233 e. The molecule has 2 rings (SSSR count). The number of anilines is 2. The van der Waals surface area contributed by atoms with Gasteiger partial charge < -0.3 is 4.90 Å². The fraction of sp³-hybridized carbons (Fsp3) is 0.333. The average Bonchev–Trinajstić information content (AvgIpc) is 2.47. The van der Waals surface area contributed by atoms with E-state index in [1.54, 1.807) is 4.90 Å². The Morgan fingerprint density at radius 3 is 2.27 bits per heavy atom. The fourth-order valence-corrected chi connectivity index (χ4v) is 3.43. The monoisotopic (exact) mass is 320 g/mol. The summed E-state index contributed by atoms with van der Waals surface area (Å²) < 4.78 is 27.0. The van der Waals surface area contributed by atoms with Gasteiger partial charge in [-0.25, -0.2) is 18.4 Å². The Labute approximate surface area is 131 Å². The van der Waals surface area contributed by atoms with Crippen molar-refractivity contribution in [2.75, 3.05) is 29.5 Å². The lowest BCUT2D eigenvalue weighted by Crippen LogP contribution is -2.21. The molecular formula is C15H20N4O2S. The number of hydrogen-bond acceptors (Lipinski definition) is 5. The van der Waals surface area contributed by atoms with Crippen molar-refractivity contribution in [2.24, 2.45) is 0 Å². The van der Waals surface area contributed by atoms with Gasteiger partial charge in [-0.2, -0.15) is 0 Å². The number of aromatic nitrogens is 2. The van der Waals surface area contributed by atoms with Gasteiger partial charge in [0, 0.05) is 14.1 Å². The van der Waals surface area contributed by atoms with Crippen LogP contribution in [0.5, 0.6) is 0 Å². The van der Waals surface area contributed by atoms with Crippen molar-refractivity contribution in [2.45, 2.75) is 12.8 Å². The molecular weight excluding hydrogens is 300 g/mol. The van der Waals surface area contributed by atoms with E-state index >= 15 is 0 Å². The first-order valence-electron chi connectivity index (χ1n) is 6.92. The number of nitrogens with zero attached hydrogens (tertiary/aromatic N) is 3. The molecule has 0 unspecified atom stereocenters. The minimum absolute atomic E-state index is 0.00639. The van der Waals surface area contributed by atoms with Crippen LogP contribution in [0.2, 0.25) is 0 Å². The summed E-state index contributed by atoms with van der Waals surface area (Å²) >= 11 is 0. The minimum atomic E-state index is -3.46. The molecule has 0 radical (unpaired) electrons. The molecule has 2 aromatic rings. The third-order valence-corrected chi connectivity index (χ3v) is 4.64. The summed E-state index contributed by atoms with van der Waals surface area (Å²) in [6, 6.07) is 9.57. The second kappa shape index (κ2) is 6.74. The Morgan fingerprint density at radius 2 is 1.73 bits per heavy atom. The zero-order valence-electron chi connectivity index (χ0n) is 12.9. The summed E-state index contributed by atoms with van der Waals surface area (Å²) in [4.78, 5) is 9.92. The molecule has 0 fully saturated rings. The number of rotatable bonds is 6. The maximum absolute atomic E-state index is 12.2. The SMILES string of the molecule is C[C@@H](CS(=O)(=O)Nc1cnc(N(C)C)nc1)c1ccccc1. The van der Waals surface area contributed by atoms with Gasteiger partial charge in [0.15, 0.2) is 0 Å². The van der Waals surface area contributed by atoms with E-state index in [4.69, 9.17) is 0 Å². The molecule has 1 atom stereocenters. The predicted molar refractivity (Wildman–Crippen MR) is 88.6 cm³/mol. The lowest BCUT2D eigenvalue weighted by molar-refractivity contribution is 0.595. The second-order valence-electron chi connectivity index (χ2n) is 5.36. The molecule has 0 saturated carbocycles. The molecule has 0 aliphatic heterocycles. The van der Waals surface area contributed by atoms with E-state index in [1.165, 1.54) is 12.4 Å². The first-order valence-corrected chi connectivity index (χ1v) is 8.57. The Bertz CT molecular complexity index is 700. The highest BCUT2D eigenvalue weighted by Crippen LogP contribution is 2.18. The van der Waals surface area contributed by atoms with Gasteiger partial charge in [0.2, 0.25) is 16.0 Å². The predicted octanol–water partition coefficient (Wildman–Crippen LogP) is 2.09. The maximum Gasteiger partial charge on any atom is 0.233 e. The molecule has 6 nitrogen and oxygen atoms in total. The number of sulfonamides is 1. The van der Waals surface area contributed by atoms with E-state index in [-0.39, 0.29) is 11.7 Å². The van der Waals surface area contributed by atoms with Crippen LogP contribution in [-0.4, -0.2) is 38.2 Å². The summed E-state index contributed by atoms with van der Waals surface area (Å²) in [6.07, 6.45) is 2.93. The van der Waals surface area contributed by atoms with Crippen LogP contribution in [0, 0.1) is 0 Å². The zero-order chi connectivity index (χ0) is 16.2. The van der Waals surface area contributed by atoms with E-state index in [0.29, 0.717) is 11.6 Å². The van der Waals surface area contributed by atoms with Gasteiger partial charge in [-0.1, -0.05) is 37.3 Å². The fourth-order valence-electron chi connectivity index (χ4n) is 2.03. The first kappa shape index (κ1) is 16.2. The standard InChI is InChI=1S/C15H20N4O2S/c1-12(13-7-5-4-6-8-13)11-22(20,21)18-14-9-16-15(17-10-14)19(2)3/h4-10,12,18H,11H2,1-3H3/t12-/m0/s1. The third kappa shape index (κ3) is 4.42. The Hall–Kier alpha value is -2.15. The Morgan fingerprint density at radius 1 is 1.14 bits per heavy atom. The molecule has 1 aromatic heterocycles. The second-order valence-corrected chi connectivity index (χ2v) is 7.13. The van der Waals surface area contributed by atoms with Crippen molar-refractivity contribution in [3.8, 4) is 0 Å². The molecule has 0 bridgehead atoms. The Kier molecular flexibility index (Phi) is 4.97. The molecule has 1 N–H and O–H groups in total. The quantitative estimate of drug-likeness (QED) is 0.882. The topological polar surface area (TPSA) is 75.2 Å². The van der Waals surface area contributed by atoms with Gasteiger partial charge in [-0.05, 0) is 11.5 Å². The molecule has 0 aliphatic rings. The average molecular weight is 320 g/mol. The van der Waals surface area contributed by atoms with Crippen molar-refractivity contribution < 1.29 is 8.42 Å². The molecule has 1 heterocycles. The van der Waals surface area contributed by atoms with Crippen LogP contribution in [0.1, 0.15) is 18.4 Å². The summed E-state index contributed by atoms with van der Waals surface area (Å²) in [6.45, 7) is 1.89. The highest BCUT2D eigenvalue weighted by Gasteiger charge is 2.17. The molecule has 7 heteroatoms. The van der Waals surface area contributed by atoms with Gasteiger partial charge in [0.05, 0.1) is 23.8 Å². The lowest BCUT2D eigenvalue weighted by Gasteiger charge is -2.14. The van der Waals surface area contributed by atoms with E-state index in [2.05, 4.69) is 14.7 Å². The van der Waals surface area contributed by atoms with Gasteiger partial charge >= 0.3 is 0 Å². The van der Waals surface area contributed by atoms with Crippen LogP contribution >= 0.6 is 0 Å².